The van der Waals surface area contributed by atoms with Crippen molar-refractivity contribution in [2.24, 2.45) is 0 Å². The zero-order valence-corrected chi connectivity index (χ0v) is 20.0. The molecule has 166 valence electrons. The van der Waals surface area contributed by atoms with Gasteiger partial charge in [0.2, 0.25) is 0 Å². The summed E-state index contributed by atoms with van der Waals surface area (Å²) in [5, 5.41) is 2.00. The van der Waals surface area contributed by atoms with Gasteiger partial charge < -0.3 is 23.7 Å². The summed E-state index contributed by atoms with van der Waals surface area (Å²) in [6.45, 7) is 8.21. The second-order valence-corrected chi connectivity index (χ2v) is 10.2. The Kier molecular flexibility index (Phi) is 5.67. The molecule has 7 atom stereocenters. The topological polar surface area (TPSA) is 58.6 Å². The van der Waals surface area contributed by atoms with Crippen LogP contribution in [0.25, 0.3) is 0 Å². The van der Waals surface area contributed by atoms with Crippen LogP contribution in [0.1, 0.15) is 45.7 Å². The monoisotopic (exact) mass is 531 g/mol. The van der Waals surface area contributed by atoms with Crippen LogP contribution in [0.5, 0.6) is 0 Å². The van der Waals surface area contributed by atoms with Gasteiger partial charge in [0.25, 0.3) is 0 Å². The first-order chi connectivity index (χ1) is 14.3. The first-order valence-electron chi connectivity index (χ1n) is 10.7. The molecular weight excluding hydrogens is 501 g/mol. The molecule has 4 aliphatic rings. The minimum Gasteiger partial charge on any atom is -0.349 e. The third kappa shape index (κ3) is 3.94. The van der Waals surface area contributed by atoms with E-state index >= 15 is 0 Å². The molecule has 0 saturated carbocycles. The van der Waals surface area contributed by atoms with E-state index in [1.807, 2.05) is 38.8 Å². The summed E-state index contributed by atoms with van der Waals surface area (Å²) in [5.74, 6) is -1.31. The lowest BCUT2D eigenvalue weighted by Gasteiger charge is -2.33. The summed E-state index contributed by atoms with van der Waals surface area (Å²) >= 11 is 2.38. The van der Waals surface area contributed by atoms with E-state index < -0.39 is 11.6 Å². The molecule has 0 unspecified atom stereocenters. The zero-order valence-electron chi connectivity index (χ0n) is 17.8. The van der Waals surface area contributed by atoms with Gasteiger partial charge >= 0.3 is 0 Å². The summed E-state index contributed by atoms with van der Waals surface area (Å²) in [4.78, 5) is 6.38. The van der Waals surface area contributed by atoms with Crippen LogP contribution in [0.15, 0.2) is 30.3 Å². The number of benzene rings is 1. The van der Waals surface area contributed by atoms with Gasteiger partial charge in [-0.3, -0.25) is 4.84 Å². The number of halogens is 1. The van der Waals surface area contributed by atoms with Crippen molar-refractivity contribution in [2.75, 3.05) is 11.0 Å². The lowest BCUT2D eigenvalue weighted by molar-refractivity contribution is -0.290. The Morgan fingerprint density at radius 2 is 1.70 bits per heavy atom. The minimum absolute atomic E-state index is 0.0971. The maximum absolute atomic E-state index is 6.57. The molecule has 30 heavy (non-hydrogen) atoms. The van der Waals surface area contributed by atoms with Gasteiger partial charge in [0.1, 0.15) is 24.4 Å². The molecule has 0 amide bonds. The Morgan fingerprint density at radius 3 is 2.37 bits per heavy atom. The van der Waals surface area contributed by atoms with E-state index in [9.17, 15) is 0 Å². The van der Waals surface area contributed by atoms with Crippen molar-refractivity contribution in [2.45, 2.75) is 88.5 Å². The highest BCUT2D eigenvalue weighted by Crippen LogP contribution is 2.47. The summed E-state index contributed by atoms with van der Waals surface area (Å²) < 4.78 is 32.0. The number of hydroxylamine groups is 2. The van der Waals surface area contributed by atoms with Gasteiger partial charge in [-0.25, -0.2) is 0 Å². The predicted molar refractivity (Wildman–Crippen MR) is 117 cm³/mol. The van der Waals surface area contributed by atoms with Crippen molar-refractivity contribution in [1.82, 2.24) is 5.06 Å². The number of hydrogen-bond acceptors (Lipinski definition) is 7. The Labute approximate surface area is 191 Å². The van der Waals surface area contributed by atoms with E-state index in [1.165, 1.54) is 5.56 Å². The van der Waals surface area contributed by atoms with E-state index in [0.29, 0.717) is 6.61 Å². The molecule has 8 heteroatoms. The normalized spacial score (nSPS) is 42.6. The van der Waals surface area contributed by atoms with Gasteiger partial charge in [0.05, 0.1) is 18.8 Å². The summed E-state index contributed by atoms with van der Waals surface area (Å²) in [7, 11) is 0. The van der Waals surface area contributed by atoms with Gasteiger partial charge in [-0.05, 0) is 39.7 Å². The van der Waals surface area contributed by atoms with E-state index in [1.54, 1.807) is 0 Å². The molecule has 0 aromatic heterocycles. The smallest absolute Gasteiger partial charge is 0.164 e. The van der Waals surface area contributed by atoms with Gasteiger partial charge in [-0.2, -0.15) is 0 Å². The molecule has 0 spiro atoms. The van der Waals surface area contributed by atoms with E-state index in [0.717, 1.165) is 10.8 Å². The summed E-state index contributed by atoms with van der Waals surface area (Å²) in [6, 6.07) is 10.6. The molecule has 1 aromatic carbocycles. The molecule has 5 rings (SSSR count). The van der Waals surface area contributed by atoms with Crippen molar-refractivity contribution in [3.8, 4) is 0 Å². The molecule has 4 heterocycles. The van der Waals surface area contributed by atoms with E-state index in [-0.39, 0.29) is 42.8 Å². The standard InChI is InChI=1S/C22H30INO6/c1-21(2)25-12-16(27-21)17-18-19(29-22(3,4)28-18)20(26-17)24-15(10-14(11-23)30-24)13-8-6-5-7-9-13/h5-9,14-20H,10-12H2,1-4H3/t14-,15+,16-,17-,18+,19+,20+/m1/s1. The van der Waals surface area contributed by atoms with Crippen LogP contribution in [0.2, 0.25) is 0 Å². The summed E-state index contributed by atoms with van der Waals surface area (Å²) in [6.07, 6.45) is -0.350. The molecule has 0 radical (unpaired) electrons. The van der Waals surface area contributed by atoms with E-state index in [2.05, 4.69) is 46.9 Å². The van der Waals surface area contributed by atoms with E-state index in [4.69, 9.17) is 28.5 Å². The van der Waals surface area contributed by atoms with Crippen LogP contribution in [-0.4, -0.2) is 64.4 Å². The minimum atomic E-state index is -0.685. The number of ether oxygens (including phenoxy) is 5. The molecule has 0 bridgehead atoms. The number of nitrogens with zero attached hydrogens (tertiary/aromatic N) is 1. The second-order valence-electron chi connectivity index (χ2n) is 9.33. The van der Waals surface area contributed by atoms with Gasteiger partial charge in [0, 0.05) is 4.43 Å². The predicted octanol–water partition coefficient (Wildman–Crippen LogP) is 3.57. The molecule has 0 aliphatic carbocycles. The molecule has 4 fully saturated rings. The lowest BCUT2D eigenvalue weighted by atomic mass is 10.0. The maximum atomic E-state index is 6.57. The average molecular weight is 531 g/mol. The fourth-order valence-electron chi connectivity index (χ4n) is 4.92. The highest BCUT2D eigenvalue weighted by molar-refractivity contribution is 14.1. The van der Waals surface area contributed by atoms with Gasteiger partial charge in [-0.15, -0.1) is 5.06 Å². The Balaban J connectivity index is 1.44. The SMILES string of the molecule is CC1(C)O[C@H]2[C@@H]([C@H]3COC(C)(C)O3)O[C@H](N3O[C@@H](CI)C[C@H]3c3ccccc3)[C@H]2O1. The van der Waals surface area contributed by atoms with Crippen molar-refractivity contribution in [3.63, 3.8) is 0 Å². The molecule has 4 saturated heterocycles. The van der Waals surface area contributed by atoms with Gasteiger partial charge in [-0.1, -0.05) is 52.9 Å². The Morgan fingerprint density at radius 1 is 0.967 bits per heavy atom. The molecule has 4 aliphatic heterocycles. The van der Waals surface area contributed by atoms with Crippen molar-refractivity contribution in [1.29, 1.82) is 0 Å². The van der Waals surface area contributed by atoms with Crippen molar-refractivity contribution in [3.05, 3.63) is 35.9 Å². The lowest BCUT2D eigenvalue weighted by Crippen LogP contribution is -2.43. The van der Waals surface area contributed by atoms with Crippen LogP contribution in [0, 0.1) is 0 Å². The number of rotatable bonds is 4. The van der Waals surface area contributed by atoms with Crippen LogP contribution >= 0.6 is 22.6 Å². The maximum Gasteiger partial charge on any atom is 0.164 e. The van der Waals surface area contributed by atoms with Crippen LogP contribution in [0.4, 0.5) is 0 Å². The van der Waals surface area contributed by atoms with Crippen molar-refractivity contribution < 1.29 is 28.5 Å². The number of fused-ring (bicyclic) bond motifs is 1. The highest BCUT2D eigenvalue weighted by Gasteiger charge is 2.62. The first kappa shape index (κ1) is 21.5. The van der Waals surface area contributed by atoms with Crippen LogP contribution < -0.4 is 0 Å². The Hall–Kier alpha value is -0.330. The van der Waals surface area contributed by atoms with Crippen LogP contribution in [-0.2, 0) is 28.5 Å². The number of alkyl halides is 1. The average Bonchev–Trinajstić information content (AvgIpc) is 3.43. The van der Waals surface area contributed by atoms with Gasteiger partial charge in [0.15, 0.2) is 17.8 Å². The molecule has 7 nitrogen and oxygen atoms in total. The molecule has 1 aromatic rings. The largest absolute Gasteiger partial charge is 0.349 e. The second kappa shape index (κ2) is 7.91. The third-order valence-electron chi connectivity index (χ3n) is 6.13. The first-order valence-corrected chi connectivity index (χ1v) is 12.2. The third-order valence-corrected chi connectivity index (χ3v) is 7.12. The number of hydrogen-bond donors (Lipinski definition) is 0. The molecular formula is C22H30INO6. The molecule has 0 N–H and O–H groups in total. The quantitative estimate of drug-likeness (QED) is 0.435. The highest BCUT2D eigenvalue weighted by atomic mass is 127. The van der Waals surface area contributed by atoms with Crippen molar-refractivity contribution >= 4 is 22.6 Å². The zero-order chi connectivity index (χ0) is 21.1. The fourth-order valence-corrected chi connectivity index (χ4v) is 5.44. The fraction of sp³-hybridized carbons (Fsp3) is 0.727. The summed E-state index contributed by atoms with van der Waals surface area (Å²) in [5.41, 5.74) is 1.22. The Bertz CT molecular complexity index is 761. The van der Waals surface area contributed by atoms with Crippen LogP contribution in [0.3, 0.4) is 0 Å².